The standard InChI is InChI=1S/C8H6BrClO3/c9-4-3-5-8(6(10)7(4)11)13-2-1-12-5/h3,11H,1-2H2. The monoisotopic (exact) mass is 264 g/mol. The highest BCUT2D eigenvalue weighted by atomic mass is 79.9. The van der Waals surface area contributed by atoms with Crippen LogP contribution >= 0.6 is 27.5 Å². The summed E-state index contributed by atoms with van der Waals surface area (Å²) in [5.41, 5.74) is 0. The highest BCUT2D eigenvalue weighted by Gasteiger charge is 2.20. The van der Waals surface area contributed by atoms with Gasteiger partial charge in [-0.15, -0.1) is 0 Å². The van der Waals surface area contributed by atoms with Crippen molar-refractivity contribution >= 4 is 27.5 Å². The summed E-state index contributed by atoms with van der Waals surface area (Å²) in [5, 5.41) is 9.63. The second kappa shape index (κ2) is 3.27. The van der Waals surface area contributed by atoms with Crippen molar-refractivity contribution in [2.75, 3.05) is 13.2 Å². The summed E-state index contributed by atoms with van der Waals surface area (Å²) in [4.78, 5) is 0. The fourth-order valence-electron chi connectivity index (χ4n) is 1.11. The Labute approximate surface area is 88.3 Å². The summed E-state index contributed by atoms with van der Waals surface area (Å²) in [6, 6.07) is 1.63. The van der Waals surface area contributed by atoms with Gasteiger partial charge in [0.15, 0.2) is 17.2 Å². The average Bonchev–Trinajstić information content (AvgIpc) is 2.15. The lowest BCUT2D eigenvalue weighted by molar-refractivity contribution is 0.171. The van der Waals surface area contributed by atoms with E-state index < -0.39 is 0 Å². The third-order valence-electron chi connectivity index (χ3n) is 1.70. The van der Waals surface area contributed by atoms with Crippen LogP contribution in [-0.4, -0.2) is 18.3 Å². The van der Waals surface area contributed by atoms with E-state index >= 15 is 0 Å². The molecule has 2 rings (SSSR count). The topological polar surface area (TPSA) is 38.7 Å². The van der Waals surface area contributed by atoms with Crippen molar-refractivity contribution in [1.82, 2.24) is 0 Å². The van der Waals surface area contributed by atoms with E-state index in [2.05, 4.69) is 15.9 Å². The molecule has 1 aliphatic rings. The largest absolute Gasteiger partial charge is 0.505 e. The van der Waals surface area contributed by atoms with Gasteiger partial charge < -0.3 is 14.6 Å². The van der Waals surface area contributed by atoms with Crippen LogP contribution in [0.2, 0.25) is 5.02 Å². The van der Waals surface area contributed by atoms with E-state index in [1.807, 2.05) is 0 Å². The lowest BCUT2D eigenvalue weighted by atomic mass is 10.3. The first-order chi connectivity index (χ1) is 6.20. The first-order valence-electron chi connectivity index (χ1n) is 3.66. The van der Waals surface area contributed by atoms with Crippen LogP contribution in [0.3, 0.4) is 0 Å². The summed E-state index contributed by atoms with van der Waals surface area (Å²) >= 11 is 8.99. The van der Waals surface area contributed by atoms with Crippen LogP contribution in [0.4, 0.5) is 0 Å². The molecule has 0 amide bonds. The van der Waals surface area contributed by atoms with Gasteiger partial charge in [0.2, 0.25) is 0 Å². The number of aromatic hydroxyl groups is 1. The van der Waals surface area contributed by atoms with Gasteiger partial charge in [0.25, 0.3) is 0 Å². The maximum absolute atomic E-state index is 9.45. The zero-order valence-corrected chi connectivity index (χ0v) is 8.85. The molecule has 1 heterocycles. The van der Waals surface area contributed by atoms with Crippen molar-refractivity contribution in [3.05, 3.63) is 15.6 Å². The molecule has 0 saturated heterocycles. The molecule has 0 atom stereocenters. The molecular formula is C8H6BrClO3. The number of hydrogen-bond acceptors (Lipinski definition) is 3. The Bertz CT molecular complexity index is 354. The number of halogens is 2. The van der Waals surface area contributed by atoms with Gasteiger partial charge in [-0.2, -0.15) is 0 Å². The number of fused-ring (bicyclic) bond motifs is 1. The smallest absolute Gasteiger partial charge is 0.183 e. The second-order valence-corrected chi connectivity index (χ2v) is 3.78. The van der Waals surface area contributed by atoms with Crippen LogP contribution in [0.1, 0.15) is 0 Å². The molecule has 3 nitrogen and oxygen atoms in total. The average molecular weight is 265 g/mol. The first kappa shape index (κ1) is 8.97. The third-order valence-corrected chi connectivity index (χ3v) is 2.66. The Morgan fingerprint density at radius 2 is 2.08 bits per heavy atom. The molecule has 0 radical (unpaired) electrons. The van der Waals surface area contributed by atoms with Gasteiger partial charge in [-0.1, -0.05) is 11.6 Å². The Hall–Kier alpha value is -0.610. The fraction of sp³-hybridized carbons (Fsp3) is 0.250. The molecule has 1 aromatic rings. The summed E-state index contributed by atoms with van der Waals surface area (Å²) in [6.07, 6.45) is 0. The minimum Gasteiger partial charge on any atom is -0.505 e. The number of phenolic OH excluding ortho intramolecular Hbond substituents is 1. The van der Waals surface area contributed by atoms with Gasteiger partial charge in [0, 0.05) is 6.07 Å². The Balaban J connectivity index is 2.60. The molecule has 0 aliphatic carbocycles. The number of phenols is 1. The molecule has 70 valence electrons. The Kier molecular flexibility index (Phi) is 2.26. The number of benzene rings is 1. The van der Waals surface area contributed by atoms with Crippen LogP contribution in [0.25, 0.3) is 0 Å². The number of rotatable bonds is 0. The Morgan fingerprint density at radius 3 is 2.85 bits per heavy atom. The van der Waals surface area contributed by atoms with Gasteiger partial charge in [0.1, 0.15) is 18.2 Å². The van der Waals surface area contributed by atoms with Gasteiger partial charge >= 0.3 is 0 Å². The van der Waals surface area contributed by atoms with E-state index in [1.54, 1.807) is 6.07 Å². The minimum absolute atomic E-state index is 0.0223. The van der Waals surface area contributed by atoms with E-state index in [0.29, 0.717) is 29.2 Å². The van der Waals surface area contributed by atoms with Crippen LogP contribution < -0.4 is 9.47 Å². The quantitative estimate of drug-likeness (QED) is 0.783. The van der Waals surface area contributed by atoms with Crippen LogP contribution in [0.5, 0.6) is 17.2 Å². The molecule has 0 bridgehead atoms. The normalized spacial score (nSPS) is 14.3. The molecule has 0 fully saturated rings. The predicted molar refractivity (Wildman–Crippen MR) is 51.8 cm³/mol. The number of hydrogen-bond donors (Lipinski definition) is 1. The molecule has 0 spiro atoms. The zero-order valence-electron chi connectivity index (χ0n) is 6.51. The third kappa shape index (κ3) is 1.44. The van der Waals surface area contributed by atoms with Gasteiger partial charge in [-0.25, -0.2) is 0 Å². The van der Waals surface area contributed by atoms with Crippen LogP contribution in [0.15, 0.2) is 10.5 Å². The summed E-state index contributed by atoms with van der Waals surface area (Å²) < 4.78 is 11.0. The molecular weight excluding hydrogens is 259 g/mol. The van der Waals surface area contributed by atoms with Crippen molar-refractivity contribution in [1.29, 1.82) is 0 Å². The maximum atomic E-state index is 9.45. The first-order valence-corrected chi connectivity index (χ1v) is 4.84. The molecule has 13 heavy (non-hydrogen) atoms. The molecule has 0 unspecified atom stereocenters. The lowest BCUT2D eigenvalue weighted by Crippen LogP contribution is -2.15. The van der Waals surface area contributed by atoms with E-state index in [4.69, 9.17) is 21.1 Å². The zero-order chi connectivity index (χ0) is 9.42. The lowest BCUT2D eigenvalue weighted by Gasteiger charge is -2.20. The summed E-state index contributed by atoms with van der Waals surface area (Å²) in [5.74, 6) is 0.945. The Morgan fingerprint density at radius 1 is 1.38 bits per heavy atom. The van der Waals surface area contributed by atoms with Crippen molar-refractivity contribution in [3.8, 4) is 17.2 Å². The van der Waals surface area contributed by atoms with Crippen molar-refractivity contribution in [3.63, 3.8) is 0 Å². The molecule has 1 aromatic carbocycles. The van der Waals surface area contributed by atoms with Crippen LogP contribution in [0, 0.1) is 0 Å². The summed E-state index contributed by atoms with van der Waals surface area (Å²) in [7, 11) is 0. The van der Waals surface area contributed by atoms with Crippen LogP contribution in [-0.2, 0) is 0 Å². The van der Waals surface area contributed by atoms with Crippen molar-refractivity contribution < 1.29 is 14.6 Å². The molecule has 0 saturated carbocycles. The SMILES string of the molecule is Oc1c(Br)cc2c(c1Cl)OCCO2. The van der Waals surface area contributed by atoms with E-state index in [9.17, 15) is 5.11 Å². The van der Waals surface area contributed by atoms with E-state index in [-0.39, 0.29) is 10.8 Å². The highest BCUT2D eigenvalue weighted by Crippen LogP contribution is 2.46. The van der Waals surface area contributed by atoms with Gasteiger partial charge in [0.05, 0.1) is 4.47 Å². The second-order valence-electron chi connectivity index (χ2n) is 2.55. The predicted octanol–water partition coefficient (Wildman–Crippen LogP) is 2.58. The summed E-state index contributed by atoms with van der Waals surface area (Å²) in [6.45, 7) is 0.953. The maximum Gasteiger partial charge on any atom is 0.183 e. The molecule has 1 N–H and O–H groups in total. The molecule has 1 aliphatic heterocycles. The molecule has 0 aromatic heterocycles. The van der Waals surface area contributed by atoms with Gasteiger partial charge in [-0.05, 0) is 15.9 Å². The van der Waals surface area contributed by atoms with Crippen molar-refractivity contribution in [2.24, 2.45) is 0 Å². The van der Waals surface area contributed by atoms with Gasteiger partial charge in [-0.3, -0.25) is 0 Å². The molecule has 5 heteroatoms. The fourth-order valence-corrected chi connectivity index (χ4v) is 1.88. The van der Waals surface area contributed by atoms with Crippen molar-refractivity contribution in [2.45, 2.75) is 0 Å². The number of ether oxygens (including phenoxy) is 2. The highest BCUT2D eigenvalue weighted by molar-refractivity contribution is 9.10. The minimum atomic E-state index is -0.0223. The van der Waals surface area contributed by atoms with E-state index in [1.165, 1.54) is 0 Å². The van der Waals surface area contributed by atoms with E-state index in [0.717, 1.165) is 0 Å².